The Bertz CT molecular complexity index is 569. The number of nitrogens with one attached hydrogen (secondary N) is 1. The van der Waals surface area contributed by atoms with Gasteiger partial charge in [-0.1, -0.05) is 13.8 Å². The van der Waals surface area contributed by atoms with E-state index in [2.05, 4.69) is 34.0 Å². The van der Waals surface area contributed by atoms with Crippen LogP contribution in [0.4, 0.5) is 13.2 Å². The van der Waals surface area contributed by atoms with E-state index in [9.17, 15) is 13.2 Å². The molecule has 1 aromatic rings. The number of ether oxygens (including phenoxy) is 1. The van der Waals surface area contributed by atoms with Crippen LogP contribution >= 0.6 is 0 Å². The van der Waals surface area contributed by atoms with Crippen LogP contribution in [0.25, 0.3) is 0 Å². The molecule has 0 amide bonds. The van der Waals surface area contributed by atoms with Crippen LogP contribution in [0, 0.1) is 0 Å². The molecule has 1 N–H and O–H groups in total. The lowest BCUT2D eigenvalue weighted by atomic mass is 10.1. The van der Waals surface area contributed by atoms with Gasteiger partial charge in [0, 0.05) is 52.1 Å². The predicted octanol–water partition coefficient (Wildman–Crippen LogP) is 2.91. The van der Waals surface area contributed by atoms with Crippen LogP contribution in [0.15, 0.2) is 11.2 Å². The quantitative estimate of drug-likeness (QED) is 0.408. The molecule has 0 spiro atoms. The Morgan fingerprint density at radius 3 is 2.69 bits per heavy atom. The number of aryl methyl sites for hydroxylation is 1. The Morgan fingerprint density at radius 2 is 2.12 bits per heavy atom. The molecule has 0 aliphatic carbocycles. The summed E-state index contributed by atoms with van der Waals surface area (Å²) in [6.45, 7) is 6.75. The molecule has 9 heteroatoms. The van der Waals surface area contributed by atoms with Crippen molar-refractivity contribution < 1.29 is 17.9 Å². The second-order valence-corrected chi connectivity index (χ2v) is 6.48. The number of nitrogens with zero attached hydrogens (tertiary/aromatic N) is 4. The molecule has 0 atom stereocenters. The Labute approximate surface area is 153 Å². The molecule has 1 heterocycles. The molecule has 0 aromatic carbocycles. The van der Waals surface area contributed by atoms with E-state index in [-0.39, 0.29) is 6.61 Å². The number of rotatable bonds is 9. The molecule has 0 fully saturated rings. The molecular weight excluding hydrogens is 347 g/mol. The smallest absolute Gasteiger partial charge is 0.372 e. The van der Waals surface area contributed by atoms with Gasteiger partial charge in [-0.25, -0.2) is 0 Å². The summed E-state index contributed by atoms with van der Waals surface area (Å²) in [6.07, 6.45) is -1.85. The molecule has 0 bridgehead atoms. The molecule has 1 rings (SSSR count). The van der Waals surface area contributed by atoms with Crippen LogP contribution in [-0.2, 0) is 18.3 Å². The summed E-state index contributed by atoms with van der Waals surface area (Å²) in [5.41, 5.74) is 2.18. The molecule has 26 heavy (non-hydrogen) atoms. The molecule has 6 nitrogen and oxygen atoms in total. The second-order valence-electron chi connectivity index (χ2n) is 6.48. The molecular formula is C17H30F3N5O. The Hall–Kier alpha value is -1.77. The zero-order chi connectivity index (χ0) is 19.7. The van der Waals surface area contributed by atoms with E-state index in [1.807, 2.05) is 32.1 Å². The Kier molecular flexibility index (Phi) is 8.91. The van der Waals surface area contributed by atoms with Crippen LogP contribution < -0.4 is 5.32 Å². The van der Waals surface area contributed by atoms with Crippen molar-refractivity contribution in [2.24, 2.45) is 12.0 Å². The van der Waals surface area contributed by atoms with Crippen molar-refractivity contribution in [3.63, 3.8) is 0 Å². The Morgan fingerprint density at radius 1 is 1.42 bits per heavy atom. The zero-order valence-electron chi connectivity index (χ0n) is 16.2. The fraction of sp³-hybridized carbons (Fsp3) is 0.765. The number of aliphatic imine (C=N–C) groups is 1. The van der Waals surface area contributed by atoms with Crippen molar-refractivity contribution >= 4 is 5.96 Å². The maximum Gasteiger partial charge on any atom is 0.411 e. The summed E-state index contributed by atoms with van der Waals surface area (Å²) in [6, 6.07) is 0. The molecule has 150 valence electrons. The summed E-state index contributed by atoms with van der Waals surface area (Å²) in [4.78, 5) is 6.46. The minimum atomic E-state index is -4.28. The highest BCUT2D eigenvalue weighted by Gasteiger charge is 2.27. The van der Waals surface area contributed by atoms with Gasteiger partial charge in [-0.15, -0.1) is 0 Å². The number of alkyl halides is 3. The van der Waals surface area contributed by atoms with E-state index in [4.69, 9.17) is 0 Å². The fourth-order valence-electron chi connectivity index (χ4n) is 2.50. The lowest BCUT2D eigenvalue weighted by Gasteiger charge is -2.22. The highest BCUT2D eigenvalue weighted by atomic mass is 19.4. The third-order valence-corrected chi connectivity index (χ3v) is 3.56. The van der Waals surface area contributed by atoms with E-state index < -0.39 is 12.8 Å². The van der Waals surface area contributed by atoms with Gasteiger partial charge in [-0.05, 0) is 19.3 Å². The van der Waals surface area contributed by atoms with Gasteiger partial charge < -0.3 is 15.0 Å². The lowest BCUT2D eigenvalue weighted by molar-refractivity contribution is -0.173. The van der Waals surface area contributed by atoms with Crippen molar-refractivity contribution in [3.05, 3.63) is 17.5 Å². The average Bonchev–Trinajstić information content (AvgIpc) is 2.89. The second kappa shape index (κ2) is 10.4. The zero-order valence-corrected chi connectivity index (χ0v) is 16.2. The van der Waals surface area contributed by atoms with Crippen LogP contribution in [0.5, 0.6) is 0 Å². The molecule has 1 aromatic heterocycles. The minimum Gasteiger partial charge on any atom is -0.372 e. The van der Waals surface area contributed by atoms with E-state index >= 15 is 0 Å². The van der Waals surface area contributed by atoms with E-state index in [0.29, 0.717) is 37.9 Å². The molecule has 0 saturated heterocycles. The van der Waals surface area contributed by atoms with E-state index in [1.54, 1.807) is 4.68 Å². The number of hydrogen-bond donors (Lipinski definition) is 1. The van der Waals surface area contributed by atoms with Crippen molar-refractivity contribution in [1.29, 1.82) is 0 Å². The van der Waals surface area contributed by atoms with Gasteiger partial charge >= 0.3 is 6.18 Å². The topological polar surface area (TPSA) is 54.7 Å². The number of hydrogen-bond acceptors (Lipinski definition) is 3. The maximum absolute atomic E-state index is 12.0. The average molecular weight is 377 g/mol. The van der Waals surface area contributed by atoms with Crippen molar-refractivity contribution in [3.8, 4) is 0 Å². The highest BCUT2D eigenvalue weighted by Crippen LogP contribution is 2.18. The van der Waals surface area contributed by atoms with E-state index in [1.165, 1.54) is 0 Å². The van der Waals surface area contributed by atoms with E-state index in [0.717, 1.165) is 11.3 Å². The minimum absolute atomic E-state index is 0.0340. The third kappa shape index (κ3) is 8.07. The molecule has 0 radical (unpaired) electrons. The van der Waals surface area contributed by atoms with Crippen LogP contribution in [0.1, 0.15) is 44.4 Å². The standard InChI is InChI=1S/C17H30F3N5O/c1-6-21-16(22-8-7-9-26-12-17(18,19)20)24(4)10-14-11-25(5)23-15(14)13(2)3/h11,13H,6-10,12H2,1-5H3,(H,21,22). The maximum atomic E-state index is 12.0. The normalized spacial score (nSPS) is 12.7. The first kappa shape index (κ1) is 22.3. The molecule has 0 aliphatic rings. The van der Waals surface area contributed by atoms with Gasteiger partial charge in [-0.2, -0.15) is 18.3 Å². The predicted molar refractivity (Wildman–Crippen MR) is 96.2 cm³/mol. The van der Waals surface area contributed by atoms with Gasteiger partial charge in [0.25, 0.3) is 0 Å². The summed E-state index contributed by atoms with van der Waals surface area (Å²) in [5.74, 6) is 1.03. The first-order chi connectivity index (χ1) is 12.1. The van der Waals surface area contributed by atoms with Crippen LogP contribution in [0.2, 0.25) is 0 Å². The Balaban J connectivity index is 2.59. The summed E-state index contributed by atoms with van der Waals surface area (Å²) in [5, 5.41) is 7.71. The number of halogens is 3. The summed E-state index contributed by atoms with van der Waals surface area (Å²) < 4.78 is 42.5. The largest absolute Gasteiger partial charge is 0.411 e. The van der Waals surface area contributed by atoms with Crippen molar-refractivity contribution in [2.75, 3.05) is 33.4 Å². The van der Waals surface area contributed by atoms with Crippen LogP contribution in [-0.4, -0.2) is 60.2 Å². The van der Waals surface area contributed by atoms with Gasteiger partial charge in [0.2, 0.25) is 0 Å². The van der Waals surface area contributed by atoms with Gasteiger partial charge in [-0.3, -0.25) is 9.67 Å². The third-order valence-electron chi connectivity index (χ3n) is 3.56. The van der Waals surface area contributed by atoms with Gasteiger partial charge in [0.05, 0.1) is 5.69 Å². The summed E-state index contributed by atoms with van der Waals surface area (Å²) >= 11 is 0. The number of guanidine groups is 1. The number of aromatic nitrogens is 2. The van der Waals surface area contributed by atoms with Gasteiger partial charge in [0.1, 0.15) is 6.61 Å². The first-order valence-electron chi connectivity index (χ1n) is 8.80. The lowest BCUT2D eigenvalue weighted by Crippen LogP contribution is -2.38. The first-order valence-corrected chi connectivity index (χ1v) is 8.80. The van der Waals surface area contributed by atoms with Crippen molar-refractivity contribution in [2.45, 2.75) is 45.8 Å². The molecule has 0 saturated carbocycles. The summed E-state index contributed by atoms with van der Waals surface area (Å²) in [7, 11) is 3.83. The fourth-order valence-corrected chi connectivity index (χ4v) is 2.50. The van der Waals surface area contributed by atoms with Gasteiger partial charge in [0.15, 0.2) is 5.96 Å². The SMILES string of the molecule is CCNC(=NCCCOCC(F)(F)F)N(C)Cc1cn(C)nc1C(C)C. The molecule has 0 aliphatic heterocycles. The van der Waals surface area contributed by atoms with Crippen LogP contribution in [0.3, 0.4) is 0 Å². The highest BCUT2D eigenvalue weighted by molar-refractivity contribution is 5.79. The monoisotopic (exact) mass is 377 g/mol. The van der Waals surface area contributed by atoms with Crippen molar-refractivity contribution in [1.82, 2.24) is 20.0 Å². The molecule has 0 unspecified atom stereocenters.